The van der Waals surface area contributed by atoms with Crippen molar-refractivity contribution in [1.29, 1.82) is 0 Å². The van der Waals surface area contributed by atoms with Gasteiger partial charge in [0.1, 0.15) is 4.90 Å². The third kappa shape index (κ3) is 4.23. The van der Waals surface area contributed by atoms with E-state index in [4.69, 9.17) is 11.6 Å². The minimum atomic E-state index is -3.72. The largest absolute Gasteiger partial charge is 0.322 e. The number of nitrogens with one attached hydrogen (secondary N) is 1. The lowest BCUT2D eigenvalue weighted by molar-refractivity contribution is 0.102. The molecule has 2 rings (SSSR count). The maximum Gasteiger partial charge on any atom is 0.255 e. The van der Waals surface area contributed by atoms with Crippen LogP contribution in [-0.4, -0.2) is 32.7 Å². The van der Waals surface area contributed by atoms with Crippen molar-refractivity contribution >= 4 is 55.8 Å². The molecule has 0 bridgehead atoms. The molecule has 0 aliphatic carbocycles. The van der Waals surface area contributed by atoms with E-state index in [1.165, 1.54) is 32.3 Å². The molecular formula is C15H14ClIN2O3S. The lowest BCUT2D eigenvalue weighted by Crippen LogP contribution is -2.23. The van der Waals surface area contributed by atoms with E-state index in [1.807, 2.05) is 12.1 Å². The molecule has 0 aliphatic rings. The number of hydrogen-bond acceptors (Lipinski definition) is 3. The minimum Gasteiger partial charge on any atom is -0.322 e. The molecule has 0 heterocycles. The van der Waals surface area contributed by atoms with Crippen LogP contribution in [0.2, 0.25) is 5.02 Å². The average Bonchev–Trinajstić information content (AvgIpc) is 2.49. The van der Waals surface area contributed by atoms with Gasteiger partial charge in [-0.25, -0.2) is 12.7 Å². The highest BCUT2D eigenvalue weighted by Gasteiger charge is 2.22. The monoisotopic (exact) mass is 464 g/mol. The Morgan fingerprint density at radius 3 is 2.30 bits per heavy atom. The second-order valence-corrected chi connectivity index (χ2v) is 8.67. The van der Waals surface area contributed by atoms with Crippen molar-refractivity contribution in [3.05, 3.63) is 56.6 Å². The number of carbonyl (C=O) groups excluding carboxylic acids is 1. The van der Waals surface area contributed by atoms with Crippen LogP contribution in [-0.2, 0) is 10.0 Å². The van der Waals surface area contributed by atoms with Gasteiger partial charge in [0, 0.05) is 28.9 Å². The van der Waals surface area contributed by atoms with E-state index in [0.717, 1.165) is 7.88 Å². The van der Waals surface area contributed by atoms with Crippen LogP contribution in [0.4, 0.5) is 5.69 Å². The van der Waals surface area contributed by atoms with Crippen molar-refractivity contribution in [3.8, 4) is 0 Å². The Labute approximate surface area is 153 Å². The number of carbonyl (C=O) groups is 1. The molecule has 0 saturated heterocycles. The molecule has 0 unspecified atom stereocenters. The van der Waals surface area contributed by atoms with Crippen molar-refractivity contribution in [2.45, 2.75) is 4.90 Å². The Bertz CT molecular complexity index is 836. The van der Waals surface area contributed by atoms with Crippen LogP contribution < -0.4 is 5.32 Å². The zero-order chi connectivity index (χ0) is 17.2. The van der Waals surface area contributed by atoms with E-state index in [-0.39, 0.29) is 15.5 Å². The first-order valence-corrected chi connectivity index (χ1v) is 9.40. The topological polar surface area (TPSA) is 66.5 Å². The predicted molar refractivity (Wildman–Crippen MR) is 99.4 cm³/mol. The molecule has 1 N–H and O–H groups in total. The normalized spacial score (nSPS) is 11.5. The van der Waals surface area contributed by atoms with Crippen molar-refractivity contribution in [1.82, 2.24) is 4.31 Å². The summed E-state index contributed by atoms with van der Waals surface area (Å²) in [5, 5.41) is 2.79. The first-order chi connectivity index (χ1) is 10.7. The van der Waals surface area contributed by atoms with E-state index in [2.05, 4.69) is 27.9 Å². The highest BCUT2D eigenvalue weighted by molar-refractivity contribution is 14.1. The molecule has 5 nitrogen and oxygen atoms in total. The lowest BCUT2D eigenvalue weighted by atomic mass is 10.2. The minimum absolute atomic E-state index is 0.0736. The number of amides is 1. The van der Waals surface area contributed by atoms with Gasteiger partial charge in [0.2, 0.25) is 10.0 Å². The number of halogens is 2. The van der Waals surface area contributed by atoms with Gasteiger partial charge >= 0.3 is 0 Å². The average molecular weight is 465 g/mol. The van der Waals surface area contributed by atoms with Gasteiger partial charge in [0.25, 0.3) is 5.91 Å². The van der Waals surface area contributed by atoms with Gasteiger partial charge in [0.05, 0.1) is 5.02 Å². The van der Waals surface area contributed by atoms with Gasteiger partial charge in [-0.15, -0.1) is 0 Å². The predicted octanol–water partition coefficient (Wildman–Crippen LogP) is 3.45. The molecule has 0 aromatic heterocycles. The smallest absolute Gasteiger partial charge is 0.255 e. The van der Waals surface area contributed by atoms with Gasteiger partial charge in [-0.05, 0) is 65.1 Å². The lowest BCUT2D eigenvalue weighted by Gasteiger charge is -2.14. The molecule has 0 atom stereocenters. The molecule has 2 aromatic rings. The Morgan fingerprint density at radius 2 is 1.74 bits per heavy atom. The van der Waals surface area contributed by atoms with Crippen molar-refractivity contribution in [2.24, 2.45) is 0 Å². The van der Waals surface area contributed by atoms with E-state index in [0.29, 0.717) is 5.69 Å². The van der Waals surface area contributed by atoms with E-state index >= 15 is 0 Å². The first-order valence-electron chi connectivity index (χ1n) is 6.51. The summed E-state index contributed by atoms with van der Waals surface area (Å²) in [5.74, 6) is -0.405. The highest BCUT2D eigenvalue weighted by Crippen LogP contribution is 2.25. The second-order valence-electron chi connectivity index (χ2n) is 4.89. The van der Waals surface area contributed by atoms with Crippen molar-refractivity contribution < 1.29 is 13.2 Å². The van der Waals surface area contributed by atoms with E-state index < -0.39 is 15.9 Å². The van der Waals surface area contributed by atoms with Crippen LogP contribution in [0.15, 0.2) is 47.4 Å². The summed E-state index contributed by atoms with van der Waals surface area (Å²) in [7, 11) is -0.908. The standard InChI is InChI=1S/C15H14ClIN2O3S/c1-19(2)23(21,22)14-9-10(3-8-13(14)16)15(20)18-12-6-4-11(17)5-7-12/h3-9H,1-2H3,(H,18,20). The van der Waals surface area contributed by atoms with Crippen LogP contribution in [0.1, 0.15) is 10.4 Å². The van der Waals surface area contributed by atoms with Crippen molar-refractivity contribution in [3.63, 3.8) is 0 Å². The van der Waals surface area contributed by atoms with Gasteiger partial charge < -0.3 is 5.32 Å². The summed E-state index contributed by atoms with van der Waals surface area (Å²) >= 11 is 8.13. The zero-order valence-corrected chi connectivity index (χ0v) is 16.1. The van der Waals surface area contributed by atoms with Crippen LogP contribution in [0.3, 0.4) is 0 Å². The molecule has 0 saturated carbocycles. The van der Waals surface area contributed by atoms with Gasteiger partial charge in [-0.3, -0.25) is 4.79 Å². The van der Waals surface area contributed by atoms with Crippen LogP contribution in [0.5, 0.6) is 0 Å². The molecule has 0 aliphatic heterocycles. The van der Waals surface area contributed by atoms with E-state index in [9.17, 15) is 13.2 Å². The zero-order valence-electron chi connectivity index (χ0n) is 12.4. The summed E-state index contributed by atoms with van der Waals surface area (Å²) < 4.78 is 26.6. The number of sulfonamides is 1. The third-order valence-electron chi connectivity index (χ3n) is 3.05. The molecule has 2 aromatic carbocycles. The molecule has 122 valence electrons. The maximum atomic E-state index is 12.3. The molecule has 0 radical (unpaired) electrons. The Kier molecular flexibility index (Phi) is 5.66. The molecule has 1 amide bonds. The fourth-order valence-electron chi connectivity index (χ4n) is 1.78. The fraction of sp³-hybridized carbons (Fsp3) is 0.133. The summed E-state index contributed by atoms with van der Waals surface area (Å²) in [5.41, 5.74) is 0.843. The first kappa shape index (κ1) is 18.2. The summed E-state index contributed by atoms with van der Waals surface area (Å²) in [6, 6.07) is 11.4. The Morgan fingerprint density at radius 1 is 1.13 bits per heavy atom. The van der Waals surface area contributed by atoms with Crippen LogP contribution >= 0.6 is 34.2 Å². The molecular weight excluding hydrogens is 451 g/mol. The SMILES string of the molecule is CN(C)S(=O)(=O)c1cc(C(=O)Nc2ccc(I)cc2)ccc1Cl. The summed E-state index contributed by atoms with van der Waals surface area (Å²) in [6.45, 7) is 0. The quantitative estimate of drug-likeness (QED) is 0.705. The van der Waals surface area contributed by atoms with Crippen molar-refractivity contribution in [2.75, 3.05) is 19.4 Å². The van der Waals surface area contributed by atoms with Crippen LogP contribution in [0, 0.1) is 3.57 Å². The van der Waals surface area contributed by atoms with Crippen LogP contribution in [0.25, 0.3) is 0 Å². The van der Waals surface area contributed by atoms with Gasteiger partial charge in [0.15, 0.2) is 0 Å². The summed E-state index contributed by atoms with van der Waals surface area (Å²) in [4.78, 5) is 12.2. The van der Waals surface area contributed by atoms with E-state index in [1.54, 1.807) is 12.1 Å². The fourth-order valence-corrected chi connectivity index (χ4v) is 3.53. The molecule has 0 fully saturated rings. The number of hydrogen-bond donors (Lipinski definition) is 1. The summed E-state index contributed by atoms with van der Waals surface area (Å²) in [6.07, 6.45) is 0. The molecule has 8 heteroatoms. The third-order valence-corrected chi connectivity index (χ3v) is 6.07. The molecule has 0 spiro atoms. The van der Waals surface area contributed by atoms with Gasteiger partial charge in [-0.2, -0.15) is 0 Å². The number of benzene rings is 2. The second kappa shape index (κ2) is 7.16. The Balaban J connectivity index is 2.33. The number of rotatable bonds is 4. The maximum absolute atomic E-state index is 12.3. The number of nitrogens with zero attached hydrogens (tertiary/aromatic N) is 1. The Hall–Kier alpha value is -1.16. The molecule has 23 heavy (non-hydrogen) atoms. The highest BCUT2D eigenvalue weighted by atomic mass is 127. The number of anilines is 1. The van der Waals surface area contributed by atoms with Gasteiger partial charge in [-0.1, -0.05) is 11.6 Å².